The third kappa shape index (κ3) is 9.13. The Balaban J connectivity index is 0.000000515. The van der Waals surface area contributed by atoms with E-state index < -0.39 is 10.0 Å². The van der Waals surface area contributed by atoms with Crippen LogP contribution in [0.1, 0.15) is 53.9 Å². The lowest BCUT2D eigenvalue weighted by molar-refractivity contribution is 0.319. The SMILES string of the molecule is CCCC(C)(C)CC.CCOB(C)c1cccc(S(N)(=O)=O)c1. The van der Waals surface area contributed by atoms with Crippen molar-refractivity contribution in [1.29, 1.82) is 0 Å². The van der Waals surface area contributed by atoms with Gasteiger partial charge in [0.15, 0.2) is 0 Å². The van der Waals surface area contributed by atoms with Gasteiger partial charge in [-0.05, 0) is 36.4 Å². The van der Waals surface area contributed by atoms with E-state index in [1.165, 1.54) is 31.4 Å². The van der Waals surface area contributed by atoms with Crippen LogP contribution in [0.2, 0.25) is 6.82 Å². The van der Waals surface area contributed by atoms with Crippen LogP contribution in [-0.2, 0) is 14.7 Å². The molecule has 0 spiro atoms. The maximum Gasteiger partial charge on any atom is 0.323 e. The summed E-state index contributed by atoms with van der Waals surface area (Å²) in [5, 5.41) is 5.03. The molecule has 4 nitrogen and oxygen atoms in total. The van der Waals surface area contributed by atoms with Gasteiger partial charge in [-0.25, -0.2) is 13.6 Å². The lowest BCUT2D eigenvalue weighted by Gasteiger charge is -2.20. The molecule has 2 N–H and O–H groups in total. The van der Waals surface area contributed by atoms with E-state index in [9.17, 15) is 8.42 Å². The zero-order valence-electron chi connectivity index (χ0n) is 15.4. The highest BCUT2D eigenvalue weighted by Crippen LogP contribution is 2.25. The second kappa shape index (κ2) is 10.1. The van der Waals surface area contributed by atoms with Crippen LogP contribution in [0.3, 0.4) is 0 Å². The van der Waals surface area contributed by atoms with Gasteiger partial charge in [-0.15, -0.1) is 0 Å². The fourth-order valence-corrected chi connectivity index (χ4v) is 2.71. The van der Waals surface area contributed by atoms with Crippen LogP contribution in [0, 0.1) is 5.41 Å². The first-order valence-corrected chi connectivity index (χ1v) is 9.86. The average Bonchev–Trinajstić information content (AvgIpc) is 2.47. The van der Waals surface area contributed by atoms with Gasteiger partial charge in [0.25, 0.3) is 0 Å². The normalized spacial score (nSPS) is 11.6. The van der Waals surface area contributed by atoms with E-state index in [0.717, 1.165) is 5.46 Å². The Morgan fingerprint density at radius 1 is 1.22 bits per heavy atom. The number of sulfonamides is 1. The molecule has 0 saturated heterocycles. The molecule has 0 saturated carbocycles. The number of hydrogen-bond acceptors (Lipinski definition) is 3. The van der Waals surface area contributed by atoms with Crippen molar-refractivity contribution in [2.24, 2.45) is 10.6 Å². The third-order valence-corrected chi connectivity index (χ3v) is 4.87. The van der Waals surface area contributed by atoms with Crippen LogP contribution in [0.25, 0.3) is 0 Å². The quantitative estimate of drug-likeness (QED) is 0.773. The fourth-order valence-electron chi connectivity index (χ4n) is 2.14. The summed E-state index contributed by atoms with van der Waals surface area (Å²) in [7, 11) is -3.63. The van der Waals surface area contributed by atoms with Gasteiger partial charge in [-0.3, -0.25) is 0 Å². The lowest BCUT2D eigenvalue weighted by atomic mass is 9.64. The fraction of sp³-hybridized carbons (Fsp3) is 0.647. The zero-order chi connectivity index (χ0) is 18.1. The van der Waals surface area contributed by atoms with E-state index in [1.807, 2.05) is 19.8 Å². The minimum absolute atomic E-state index is 0.117. The molecule has 0 bridgehead atoms. The van der Waals surface area contributed by atoms with Gasteiger partial charge in [0.05, 0.1) is 4.90 Å². The van der Waals surface area contributed by atoms with Gasteiger partial charge in [0.2, 0.25) is 10.0 Å². The van der Waals surface area contributed by atoms with Crippen molar-refractivity contribution < 1.29 is 13.1 Å². The molecule has 0 aromatic heterocycles. The summed E-state index contributed by atoms with van der Waals surface area (Å²) in [6.45, 7) is 13.4. The molecule has 1 aromatic carbocycles. The number of primary sulfonamides is 1. The first kappa shape index (κ1) is 22.2. The largest absolute Gasteiger partial charge is 0.431 e. The van der Waals surface area contributed by atoms with E-state index in [-0.39, 0.29) is 11.8 Å². The standard InChI is InChI=1S/C9H14BNO3S.C8H18/c1-3-14-10(2)8-5-4-6-9(7-8)15(11,12)13;1-5-7-8(3,4)6-2/h4-7H,3H2,1-2H3,(H2,11,12,13);5-7H2,1-4H3. The van der Waals surface area contributed by atoms with Gasteiger partial charge in [0.1, 0.15) is 0 Å². The van der Waals surface area contributed by atoms with E-state index in [4.69, 9.17) is 9.79 Å². The van der Waals surface area contributed by atoms with Gasteiger partial charge in [-0.1, -0.05) is 59.5 Å². The summed E-state index contributed by atoms with van der Waals surface area (Å²) in [6, 6.07) is 6.48. The zero-order valence-corrected chi connectivity index (χ0v) is 16.2. The second-order valence-corrected chi connectivity index (χ2v) is 8.04. The number of hydrogen-bond donors (Lipinski definition) is 1. The van der Waals surface area contributed by atoms with E-state index in [0.29, 0.717) is 12.0 Å². The molecule has 1 rings (SSSR count). The lowest BCUT2D eigenvalue weighted by Crippen LogP contribution is -2.31. The van der Waals surface area contributed by atoms with Crippen LogP contribution >= 0.6 is 0 Å². The summed E-state index contributed by atoms with van der Waals surface area (Å²) in [6.07, 6.45) is 3.99. The molecule has 0 amide bonds. The second-order valence-electron chi connectivity index (χ2n) is 6.48. The Bertz CT molecular complexity index is 559. The highest BCUT2D eigenvalue weighted by molar-refractivity contribution is 7.89. The van der Waals surface area contributed by atoms with Crippen molar-refractivity contribution >= 4 is 22.4 Å². The van der Waals surface area contributed by atoms with Crippen LogP contribution in [0.4, 0.5) is 0 Å². The van der Waals surface area contributed by atoms with Crippen LogP contribution in [0.15, 0.2) is 29.2 Å². The predicted molar refractivity (Wildman–Crippen MR) is 99.7 cm³/mol. The highest BCUT2D eigenvalue weighted by atomic mass is 32.2. The highest BCUT2D eigenvalue weighted by Gasteiger charge is 2.14. The summed E-state index contributed by atoms with van der Waals surface area (Å²) in [5.74, 6) is 0. The van der Waals surface area contributed by atoms with Gasteiger partial charge >= 0.3 is 6.92 Å². The van der Waals surface area contributed by atoms with Gasteiger partial charge in [-0.2, -0.15) is 0 Å². The molecule has 23 heavy (non-hydrogen) atoms. The van der Waals surface area contributed by atoms with Gasteiger partial charge < -0.3 is 4.65 Å². The van der Waals surface area contributed by atoms with Crippen molar-refractivity contribution in [1.82, 2.24) is 0 Å². The molecular weight excluding hydrogens is 309 g/mol. The molecule has 0 aliphatic heterocycles. The molecule has 0 unspecified atom stereocenters. The van der Waals surface area contributed by atoms with E-state index in [1.54, 1.807) is 6.07 Å². The van der Waals surface area contributed by atoms with Crippen LogP contribution in [-0.4, -0.2) is 21.9 Å². The van der Waals surface area contributed by atoms with Crippen LogP contribution < -0.4 is 10.6 Å². The van der Waals surface area contributed by atoms with E-state index in [2.05, 4.69) is 27.7 Å². The number of benzene rings is 1. The summed E-state index contributed by atoms with van der Waals surface area (Å²) in [5.41, 5.74) is 1.40. The Labute approximate surface area is 143 Å². The minimum Gasteiger partial charge on any atom is -0.431 e. The Morgan fingerprint density at radius 3 is 2.22 bits per heavy atom. The average molecular weight is 341 g/mol. The first-order chi connectivity index (χ1) is 10.6. The Morgan fingerprint density at radius 2 is 1.83 bits per heavy atom. The smallest absolute Gasteiger partial charge is 0.323 e. The van der Waals surface area contributed by atoms with Crippen molar-refractivity contribution in [3.63, 3.8) is 0 Å². The van der Waals surface area contributed by atoms with Gasteiger partial charge in [0, 0.05) is 6.61 Å². The maximum absolute atomic E-state index is 11.1. The van der Waals surface area contributed by atoms with Crippen molar-refractivity contribution in [3.05, 3.63) is 24.3 Å². The van der Waals surface area contributed by atoms with Crippen molar-refractivity contribution in [2.45, 2.75) is 65.6 Å². The Hall–Kier alpha value is -0.845. The Kier molecular flexibility index (Phi) is 9.74. The number of rotatable bonds is 7. The minimum atomic E-state index is -3.63. The number of nitrogens with two attached hydrogens (primary N) is 1. The first-order valence-electron chi connectivity index (χ1n) is 8.31. The molecule has 6 heteroatoms. The third-order valence-electron chi connectivity index (χ3n) is 3.96. The molecule has 132 valence electrons. The van der Waals surface area contributed by atoms with E-state index >= 15 is 0 Å². The predicted octanol–water partition coefficient (Wildman–Crippen LogP) is 3.42. The molecule has 0 radical (unpaired) electrons. The molecule has 0 aliphatic carbocycles. The summed E-state index contributed by atoms with van der Waals surface area (Å²) >= 11 is 0. The van der Waals surface area contributed by atoms with Crippen molar-refractivity contribution in [3.8, 4) is 0 Å². The molecule has 1 aromatic rings. The maximum atomic E-state index is 11.1. The molecule has 0 fully saturated rings. The summed E-state index contributed by atoms with van der Waals surface area (Å²) in [4.78, 5) is 0.117. The topological polar surface area (TPSA) is 69.4 Å². The summed E-state index contributed by atoms with van der Waals surface area (Å²) < 4.78 is 27.6. The molecular formula is C17H32BNO3S. The molecule has 0 aliphatic rings. The monoisotopic (exact) mass is 341 g/mol. The molecule has 0 heterocycles. The van der Waals surface area contributed by atoms with Crippen molar-refractivity contribution in [2.75, 3.05) is 6.61 Å². The molecule has 0 atom stereocenters. The van der Waals surface area contributed by atoms with Crippen LogP contribution in [0.5, 0.6) is 0 Å².